The zero-order valence-electron chi connectivity index (χ0n) is 15.6. The number of Topliss-reactive ketones (excluding diaryl/α,β-unsaturated/α-hetero) is 1. The average Bonchev–Trinajstić information content (AvgIpc) is 2.65. The van der Waals surface area contributed by atoms with Gasteiger partial charge in [-0.25, -0.2) is 4.79 Å². The molecule has 0 aromatic heterocycles. The van der Waals surface area contributed by atoms with Crippen LogP contribution in [0, 0.1) is 10.1 Å². The van der Waals surface area contributed by atoms with E-state index in [2.05, 4.69) is 5.32 Å². The van der Waals surface area contributed by atoms with Gasteiger partial charge in [0.1, 0.15) is 5.69 Å². The van der Waals surface area contributed by atoms with Gasteiger partial charge in [0.25, 0.3) is 11.6 Å². The van der Waals surface area contributed by atoms with Crippen molar-refractivity contribution in [3.05, 3.63) is 63.7 Å². The van der Waals surface area contributed by atoms with Crippen LogP contribution in [0.25, 0.3) is 0 Å². The summed E-state index contributed by atoms with van der Waals surface area (Å²) >= 11 is 0. The van der Waals surface area contributed by atoms with Crippen LogP contribution in [0.2, 0.25) is 0 Å². The zero-order chi connectivity index (χ0) is 20.8. The second kappa shape index (κ2) is 8.76. The van der Waals surface area contributed by atoms with Gasteiger partial charge >= 0.3 is 5.97 Å². The van der Waals surface area contributed by atoms with Crippen molar-refractivity contribution < 1.29 is 24.0 Å². The van der Waals surface area contributed by atoms with Crippen LogP contribution in [0.15, 0.2) is 42.5 Å². The number of rotatable bonds is 7. The topological polar surface area (TPSA) is 119 Å². The Balaban J connectivity index is 2.02. The molecule has 2 aromatic carbocycles. The van der Waals surface area contributed by atoms with Crippen LogP contribution in [0.3, 0.4) is 0 Å². The van der Waals surface area contributed by atoms with E-state index in [1.807, 2.05) is 0 Å². The fourth-order valence-electron chi connectivity index (χ4n) is 2.40. The fraction of sp³-hybridized carbons (Fsp3) is 0.211. The van der Waals surface area contributed by atoms with E-state index >= 15 is 0 Å². The Morgan fingerprint density at radius 2 is 1.82 bits per heavy atom. The summed E-state index contributed by atoms with van der Waals surface area (Å²) in [6, 6.07) is 10.2. The molecular formula is C19H19N3O6. The van der Waals surface area contributed by atoms with Crippen LogP contribution in [0.4, 0.5) is 17.1 Å². The quantitative estimate of drug-likeness (QED) is 0.337. The molecule has 0 atom stereocenters. The number of hydrogen-bond donors (Lipinski definition) is 1. The molecule has 146 valence electrons. The van der Waals surface area contributed by atoms with Crippen molar-refractivity contribution in [2.24, 2.45) is 0 Å². The summed E-state index contributed by atoms with van der Waals surface area (Å²) < 4.78 is 4.92. The van der Waals surface area contributed by atoms with Crippen LogP contribution in [0.1, 0.15) is 27.6 Å². The molecule has 0 aliphatic rings. The highest BCUT2D eigenvalue weighted by molar-refractivity contribution is 5.98. The molecule has 0 saturated heterocycles. The van der Waals surface area contributed by atoms with Gasteiger partial charge in [-0.05, 0) is 31.2 Å². The van der Waals surface area contributed by atoms with Gasteiger partial charge in [-0.3, -0.25) is 19.7 Å². The molecule has 0 fully saturated rings. The third-order valence-corrected chi connectivity index (χ3v) is 3.78. The summed E-state index contributed by atoms with van der Waals surface area (Å²) in [5.41, 5.74) is 0.876. The smallest absolute Gasteiger partial charge is 0.338 e. The summed E-state index contributed by atoms with van der Waals surface area (Å²) in [7, 11) is 3.29. The molecule has 0 aliphatic heterocycles. The Hall–Kier alpha value is -3.75. The Morgan fingerprint density at radius 3 is 2.43 bits per heavy atom. The van der Waals surface area contributed by atoms with Gasteiger partial charge in [-0.1, -0.05) is 12.1 Å². The predicted molar refractivity (Wildman–Crippen MR) is 103 cm³/mol. The summed E-state index contributed by atoms with van der Waals surface area (Å²) in [4.78, 5) is 47.6. The number of nitro groups is 1. The number of anilines is 2. The molecule has 0 spiro atoms. The number of carbonyl (C=O) groups is 3. The van der Waals surface area contributed by atoms with Gasteiger partial charge in [0, 0.05) is 31.4 Å². The van der Waals surface area contributed by atoms with Crippen molar-refractivity contribution in [1.82, 2.24) is 0 Å². The molecule has 0 unspecified atom stereocenters. The lowest BCUT2D eigenvalue weighted by atomic mass is 10.1. The van der Waals surface area contributed by atoms with E-state index in [1.165, 1.54) is 25.1 Å². The lowest BCUT2D eigenvalue weighted by molar-refractivity contribution is -0.384. The number of hydrogen-bond acceptors (Lipinski definition) is 7. The van der Waals surface area contributed by atoms with E-state index in [1.54, 1.807) is 37.2 Å². The molecule has 2 aromatic rings. The van der Waals surface area contributed by atoms with Crippen molar-refractivity contribution in [1.29, 1.82) is 0 Å². The Morgan fingerprint density at radius 1 is 1.11 bits per heavy atom. The maximum absolute atomic E-state index is 12.1. The van der Waals surface area contributed by atoms with Crippen molar-refractivity contribution in [2.75, 3.05) is 30.9 Å². The number of nitro benzene ring substituents is 1. The van der Waals surface area contributed by atoms with Crippen LogP contribution in [-0.2, 0) is 9.53 Å². The van der Waals surface area contributed by atoms with Crippen LogP contribution >= 0.6 is 0 Å². The molecule has 28 heavy (non-hydrogen) atoms. The number of ketones is 1. The van der Waals surface area contributed by atoms with Gasteiger partial charge < -0.3 is 15.0 Å². The zero-order valence-corrected chi connectivity index (χ0v) is 15.6. The van der Waals surface area contributed by atoms with Gasteiger partial charge in [0.05, 0.1) is 10.5 Å². The van der Waals surface area contributed by atoms with Crippen LogP contribution in [-0.4, -0.2) is 43.3 Å². The summed E-state index contributed by atoms with van der Waals surface area (Å²) in [5.74, 6) is -1.61. The number of benzene rings is 2. The number of ether oxygens (including phenoxy) is 1. The molecule has 0 saturated carbocycles. The van der Waals surface area contributed by atoms with Crippen molar-refractivity contribution in [3.63, 3.8) is 0 Å². The molecule has 1 amide bonds. The number of amides is 1. The standard InChI is InChI=1S/C19H19N3O6/c1-12(23)13-5-4-6-15(9-13)20-18(24)11-28-19(25)14-7-8-16(21(2)3)17(10-14)22(26)27/h4-10H,11H2,1-3H3,(H,20,24). The largest absolute Gasteiger partial charge is 0.452 e. The normalized spacial score (nSPS) is 10.1. The van der Waals surface area contributed by atoms with E-state index in [4.69, 9.17) is 4.74 Å². The first-order valence-electron chi connectivity index (χ1n) is 8.22. The van der Waals surface area contributed by atoms with E-state index in [-0.39, 0.29) is 17.0 Å². The first-order valence-corrected chi connectivity index (χ1v) is 8.22. The molecular weight excluding hydrogens is 366 g/mol. The van der Waals surface area contributed by atoms with Gasteiger partial charge in [-0.2, -0.15) is 0 Å². The van der Waals surface area contributed by atoms with Gasteiger partial charge in [0.2, 0.25) is 0 Å². The van der Waals surface area contributed by atoms with E-state index in [0.29, 0.717) is 16.9 Å². The Labute approximate surface area is 161 Å². The molecule has 1 N–H and O–H groups in total. The van der Waals surface area contributed by atoms with E-state index in [0.717, 1.165) is 6.07 Å². The van der Waals surface area contributed by atoms with Crippen molar-refractivity contribution >= 4 is 34.7 Å². The Kier molecular flexibility index (Phi) is 6.43. The second-order valence-corrected chi connectivity index (χ2v) is 6.12. The molecule has 2 rings (SSSR count). The third kappa shape index (κ3) is 5.13. The molecule has 0 radical (unpaired) electrons. The number of carbonyl (C=O) groups excluding carboxylic acids is 3. The van der Waals surface area contributed by atoms with E-state index in [9.17, 15) is 24.5 Å². The fourth-order valence-corrected chi connectivity index (χ4v) is 2.40. The van der Waals surface area contributed by atoms with E-state index < -0.39 is 23.4 Å². The summed E-state index contributed by atoms with van der Waals surface area (Å²) in [6.45, 7) is 0.829. The molecule has 9 heteroatoms. The summed E-state index contributed by atoms with van der Waals surface area (Å²) in [5, 5.41) is 13.7. The molecule has 0 aliphatic carbocycles. The summed E-state index contributed by atoms with van der Waals surface area (Å²) in [6.07, 6.45) is 0. The maximum atomic E-state index is 12.1. The lowest BCUT2D eigenvalue weighted by Crippen LogP contribution is -2.21. The third-order valence-electron chi connectivity index (χ3n) is 3.78. The van der Waals surface area contributed by atoms with Crippen LogP contribution in [0.5, 0.6) is 0 Å². The minimum absolute atomic E-state index is 0.0383. The Bertz CT molecular complexity index is 939. The van der Waals surface area contributed by atoms with Gasteiger partial charge in [0.15, 0.2) is 12.4 Å². The number of nitrogens with one attached hydrogen (secondary N) is 1. The average molecular weight is 385 g/mol. The highest BCUT2D eigenvalue weighted by atomic mass is 16.6. The van der Waals surface area contributed by atoms with Crippen molar-refractivity contribution in [3.8, 4) is 0 Å². The van der Waals surface area contributed by atoms with Crippen LogP contribution < -0.4 is 10.2 Å². The number of nitrogens with zero attached hydrogens (tertiary/aromatic N) is 2. The first kappa shape index (κ1) is 20.6. The first-order chi connectivity index (χ1) is 13.2. The number of esters is 1. The highest BCUT2D eigenvalue weighted by Gasteiger charge is 2.20. The molecule has 0 heterocycles. The molecule has 0 bridgehead atoms. The van der Waals surface area contributed by atoms with Gasteiger partial charge in [-0.15, -0.1) is 0 Å². The molecule has 9 nitrogen and oxygen atoms in total. The predicted octanol–water partition coefficient (Wildman–Crippen LogP) is 2.66. The highest BCUT2D eigenvalue weighted by Crippen LogP contribution is 2.27. The minimum Gasteiger partial charge on any atom is -0.452 e. The second-order valence-electron chi connectivity index (χ2n) is 6.12. The monoisotopic (exact) mass is 385 g/mol. The lowest BCUT2D eigenvalue weighted by Gasteiger charge is -2.13. The maximum Gasteiger partial charge on any atom is 0.338 e. The van der Waals surface area contributed by atoms with Crippen molar-refractivity contribution in [2.45, 2.75) is 6.92 Å². The SMILES string of the molecule is CC(=O)c1cccc(NC(=O)COC(=O)c2ccc(N(C)C)c([N+](=O)[O-])c2)c1. The minimum atomic E-state index is -0.860.